The predicted octanol–water partition coefficient (Wildman–Crippen LogP) is 7.34. The van der Waals surface area contributed by atoms with Gasteiger partial charge in [0.25, 0.3) is 0 Å². The van der Waals surface area contributed by atoms with E-state index in [9.17, 15) is 0 Å². The lowest BCUT2D eigenvalue weighted by Gasteiger charge is -2.28. The Hall–Kier alpha value is -1.70. The van der Waals surface area contributed by atoms with Crippen LogP contribution in [-0.2, 0) is 6.42 Å². The molecule has 0 saturated heterocycles. The Balaban J connectivity index is 1.53. The summed E-state index contributed by atoms with van der Waals surface area (Å²) in [6.07, 6.45) is 14.6. The largest absolute Gasteiger partial charge is 0.155 e. The number of hydrogen-bond donors (Lipinski definition) is 0. The van der Waals surface area contributed by atoms with Crippen LogP contribution in [0.5, 0.6) is 0 Å². The molecule has 1 aliphatic carbocycles. The number of hydrogen-bond acceptors (Lipinski definition) is 2. The van der Waals surface area contributed by atoms with Crippen LogP contribution in [0.25, 0.3) is 11.3 Å². The van der Waals surface area contributed by atoms with E-state index < -0.39 is 0 Å². The van der Waals surface area contributed by atoms with Crippen molar-refractivity contribution in [2.24, 2.45) is 5.92 Å². The lowest BCUT2D eigenvalue weighted by Crippen LogP contribution is -2.14. The quantitative estimate of drug-likeness (QED) is 0.435. The van der Waals surface area contributed by atoms with Crippen LogP contribution in [0.3, 0.4) is 0 Å². The Kier molecular flexibility index (Phi) is 7.86. The molecule has 0 aliphatic heterocycles. The van der Waals surface area contributed by atoms with Crippen molar-refractivity contribution in [1.82, 2.24) is 10.2 Å². The van der Waals surface area contributed by atoms with Crippen LogP contribution in [-0.4, -0.2) is 10.2 Å². The van der Waals surface area contributed by atoms with Gasteiger partial charge in [-0.2, -0.15) is 10.2 Å². The Morgan fingerprint density at radius 2 is 1.52 bits per heavy atom. The average molecular weight is 365 g/mol. The molecule has 0 spiro atoms. The Bertz CT molecular complexity index is 652. The molecule has 0 atom stereocenters. The molecular formula is C25H36N2. The second kappa shape index (κ2) is 10.6. The van der Waals surface area contributed by atoms with E-state index in [0.717, 1.165) is 11.6 Å². The first kappa shape index (κ1) is 20.0. The van der Waals surface area contributed by atoms with E-state index in [0.29, 0.717) is 5.92 Å². The minimum absolute atomic E-state index is 0.616. The van der Waals surface area contributed by atoms with Crippen molar-refractivity contribution < 1.29 is 0 Å². The van der Waals surface area contributed by atoms with E-state index in [1.54, 1.807) is 0 Å². The maximum absolute atomic E-state index is 4.60. The number of unbranched alkanes of at least 4 members (excludes halogenated alkanes) is 3. The molecule has 2 aromatic rings. The second-order valence-corrected chi connectivity index (χ2v) is 8.36. The van der Waals surface area contributed by atoms with Gasteiger partial charge < -0.3 is 0 Å². The highest BCUT2D eigenvalue weighted by Crippen LogP contribution is 2.37. The molecule has 1 aliphatic rings. The van der Waals surface area contributed by atoms with Crippen LogP contribution < -0.4 is 0 Å². The molecule has 0 bridgehead atoms. The van der Waals surface area contributed by atoms with Gasteiger partial charge in [0.15, 0.2) is 0 Å². The molecule has 0 radical (unpaired) electrons. The molecule has 1 aromatic heterocycles. The molecule has 27 heavy (non-hydrogen) atoms. The summed E-state index contributed by atoms with van der Waals surface area (Å²) in [5.74, 6) is 1.57. The fraction of sp³-hybridized carbons (Fsp3) is 0.600. The van der Waals surface area contributed by atoms with Crippen molar-refractivity contribution in [2.75, 3.05) is 0 Å². The third kappa shape index (κ3) is 5.89. The summed E-state index contributed by atoms with van der Waals surface area (Å²) in [7, 11) is 0. The van der Waals surface area contributed by atoms with Crippen LogP contribution >= 0.6 is 0 Å². The average Bonchev–Trinajstić information content (AvgIpc) is 2.73. The van der Waals surface area contributed by atoms with Gasteiger partial charge in [0, 0.05) is 11.5 Å². The minimum atomic E-state index is 0.616. The Labute approximate surface area is 165 Å². The molecule has 0 unspecified atom stereocenters. The first-order chi connectivity index (χ1) is 13.3. The van der Waals surface area contributed by atoms with Gasteiger partial charge in [-0.05, 0) is 62.1 Å². The molecule has 1 saturated carbocycles. The first-order valence-corrected chi connectivity index (χ1v) is 11.2. The molecule has 1 aromatic carbocycles. The van der Waals surface area contributed by atoms with Gasteiger partial charge in [-0.15, -0.1) is 0 Å². The van der Waals surface area contributed by atoms with Gasteiger partial charge in [0.05, 0.1) is 11.4 Å². The molecular weight excluding hydrogens is 328 g/mol. The van der Waals surface area contributed by atoms with Gasteiger partial charge in [0.2, 0.25) is 0 Å². The summed E-state index contributed by atoms with van der Waals surface area (Å²) in [6.45, 7) is 4.53. The fourth-order valence-corrected chi connectivity index (χ4v) is 4.37. The Morgan fingerprint density at radius 3 is 2.15 bits per heavy atom. The van der Waals surface area contributed by atoms with Gasteiger partial charge in [-0.3, -0.25) is 0 Å². The van der Waals surface area contributed by atoms with Crippen molar-refractivity contribution in [1.29, 1.82) is 0 Å². The van der Waals surface area contributed by atoms with Crippen molar-refractivity contribution in [3.05, 3.63) is 47.7 Å². The zero-order chi connectivity index (χ0) is 18.9. The van der Waals surface area contributed by atoms with E-state index in [2.05, 4.69) is 60.4 Å². The zero-order valence-corrected chi connectivity index (χ0v) is 17.3. The molecule has 0 N–H and O–H groups in total. The molecule has 146 valence electrons. The summed E-state index contributed by atoms with van der Waals surface area (Å²) in [5.41, 5.74) is 4.79. The molecule has 1 fully saturated rings. The van der Waals surface area contributed by atoms with Gasteiger partial charge in [0.1, 0.15) is 0 Å². The maximum atomic E-state index is 4.60. The first-order valence-electron chi connectivity index (χ1n) is 11.2. The number of aromatic nitrogens is 2. The van der Waals surface area contributed by atoms with E-state index in [1.807, 2.05) is 0 Å². The summed E-state index contributed by atoms with van der Waals surface area (Å²) in [6, 6.07) is 13.2. The summed E-state index contributed by atoms with van der Waals surface area (Å²) >= 11 is 0. The lowest BCUT2D eigenvalue weighted by atomic mass is 9.78. The Morgan fingerprint density at radius 1 is 0.778 bits per heavy atom. The van der Waals surface area contributed by atoms with E-state index in [-0.39, 0.29) is 0 Å². The number of aryl methyl sites for hydroxylation is 1. The van der Waals surface area contributed by atoms with Crippen LogP contribution in [0.15, 0.2) is 36.4 Å². The fourth-order valence-electron chi connectivity index (χ4n) is 4.37. The third-order valence-electron chi connectivity index (χ3n) is 6.23. The molecule has 2 nitrogen and oxygen atoms in total. The zero-order valence-electron chi connectivity index (χ0n) is 17.3. The van der Waals surface area contributed by atoms with E-state index >= 15 is 0 Å². The van der Waals surface area contributed by atoms with Crippen LogP contribution in [0.4, 0.5) is 0 Å². The third-order valence-corrected chi connectivity index (χ3v) is 6.23. The highest BCUT2D eigenvalue weighted by molar-refractivity contribution is 5.58. The normalized spacial score (nSPS) is 19.9. The van der Waals surface area contributed by atoms with Crippen molar-refractivity contribution in [3.63, 3.8) is 0 Å². The number of nitrogens with zero attached hydrogens (tertiary/aromatic N) is 2. The summed E-state index contributed by atoms with van der Waals surface area (Å²) < 4.78 is 0. The van der Waals surface area contributed by atoms with Crippen LogP contribution in [0.2, 0.25) is 0 Å². The smallest absolute Gasteiger partial charge is 0.0929 e. The van der Waals surface area contributed by atoms with E-state index in [4.69, 9.17) is 0 Å². The number of rotatable bonds is 9. The highest BCUT2D eigenvalue weighted by Gasteiger charge is 2.23. The van der Waals surface area contributed by atoms with Crippen molar-refractivity contribution in [2.45, 2.75) is 90.4 Å². The van der Waals surface area contributed by atoms with Gasteiger partial charge in [-0.1, -0.05) is 70.2 Å². The molecule has 3 rings (SSSR count). The van der Waals surface area contributed by atoms with E-state index in [1.165, 1.54) is 87.4 Å². The number of benzene rings is 1. The topological polar surface area (TPSA) is 25.8 Å². The minimum Gasteiger partial charge on any atom is -0.155 e. The molecule has 0 amide bonds. The van der Waals surface area contributed by atoms with Crippen LogP contribution in [0, 0.1) is 5.92 Å². The maximum Gasteiger partial charge on any atom is 0.0929 e. The molecule has 2 heteroatoms. The molecule has 1 heterocycles. The second-order valence-electron chi connectivity index (χ2n) is 8.36. The highest BCUT2D eigenvalue weighted by atomic mass is 15.1. The predicted molar refractivity (Wildman–Crippen MR) is 115 cm³/mol. The standard InChI is InChI=1S/C25H36N2/c1-3-5-7-9-21-12-16-23(17-13-21)25-19-18-24(26-27-25)22-14-10-20(11-15-22)8-6-4-2/h10-11,14-15,18-19,21,23H,3-9,12-13,16-17H2,1-2H3. The van der Waals surface area contributed by atoms with Gasteiger partial charge in [-0.25, -0.2) is 0 Å². The lowest BCUT2D eigenvalue weighted by molar-refractivity contribution is 0.299. The van der Waals surface area contributed by atoms with Crippen LogP contribution in [0.1, 0.15) is 95.2 Å². The van der Waals surface area contributed by atoms with Crippen molar-refractivity contribution >= 4 is 0 Å². The SMILES string of the molecule is CCCCCC1CCC(c2ccc(-c3ccc(CCCC)cc3)nn2)CC1. The van der Waals surface area contributed by atoms with Crippen molar-refractivity contribution in [3.8, 4) is 11.3 Å². The van der Waals surface area contributed by atoms with Gasteiger partial charge >= 0.3 is 0 Å². The summed E-state index contributed by atoms with van der Waals surface area (Å²) in [5, 5.41) is 9.15. The monoisotopic (exact) mass is 364 g/mol. The summed E-state index contributed by atoms with van der Waals surface area (Å²) in [4.78, 5) is 0.